The molecule has 1 aromatic heterocycles. The van der Waals surface area contributed by atoms with Gasteiger partial charge in [0.25, 0.3) is 5.56 Å². The number of benzene rings is 2. The highest BCUT2D eigenvalue weighted by Gasteiger charge is 2.11. The van der Waals surface area contributed by atoms with E-state index in [9.17, 15) is 4.79 Å². The summed E-state index contributed by atoms with van der Waals surface area (Å²) in [6.07, 6.45) is 0. The summed E-state index contributed by atoms with van der Waals surface area (Å²) in [5.74, 6) is 0.782. The van der Waals surface area contributed by atoms with Gasteiger partial charge in [-0.2, -0.15) is 0 Å². The summed E-state index contributed by atoms with van der Waals surface area (Å²) in [5, 5.41) is 4.90. The Morgan fingerprint density at radius 2 is 1.93 bits per heavy atom. The molecule has 0 radical (unpaired) electrons. The topological polar surface area (TPSA) is 52.5 Å². The fourth-order valence-electron chi connectivity index (χ4n) is 3.12. The molecule has 0 saturated carbocycles. The molecule has 3 rings (SSSR count). The third-order valence-electron chi connectivity index (χ3n) is 4.52. The molecule has 0 bridgehead atoms. The molecule has 0 spiro atoms. The van der Waals surface area contributed by atoms with E-state index in [0.717, 1.165) is 16.7 Å². The maximum Gasteiger partial charge on any atom is 0.255 e. The largest absolute Gasteiger partial charge is 0.492 e. The van der Waals surface area contributed by atoms with Crippen LogP contribution < -0.4 is 15.6 Å². The number of fused-ring (bicyclic) bond motifs is 1. The number of halogens is 1. The van der Waals surface area contributed by atoms with Crippen molar-refractivity contribution in [2.45, 2.75) is 26.1 Å². The molecule has 1 heterocycles. The standard InChI is InChI=1S/C22H25ClN2O3/c1-16(15-27-2)24-14-18-12-17-8-9-19(23)13-21(17)25(22(18)26)10-11-28-20-6-4-3-5-7-20/h3-9,12-13,16,24H,10-11,14-15H2,1-2H3. The number of hydrogen-bond acceptors (Lipinski definition) is 4. The van der Waals surface area contributed by atoms with Crippen molar-refractivity contribution in [2.75, 3.05) is 20.3 Å². The number of aromatic nitrogens is 1. The minimum Gasteiger partial charge on any atom is -0.492 e. The number of hydrogen-bond donors (Lipinski definition) is 1. The minimum atomic E-state index is -0.0384. The fourth-order valence-corrected chi connectivity index (χ4v) is 3.28. The molecule has 1 unspecified atom stereocenters. The van der Waals surface area contributed by atoms with Crippen LogP contribution in [0.2, 0.25) is 5.02 Å². The van der Waals surface area contributed by atoms with Crippen LogP contribution in [0.5, 0.6) is 5.75 Å². The lowest BCUT2D eigenvalue weighted by Crippen LogP contribution is -2.34. The molecule has 0 fully saturated rings. The molecule has 0 saturated heterocycles. The summed E-state index contributed by atoms with van der Waals surface area (Å²) < 4.78 is 12.7. The second-order valence-corrected chi connectivity index (χ2v) is 7.16. The lowest BCUT2D eigenvalue weighted by molar-refractivity contribution is 0.171. The lowest BCUT2D eigenvalue weighted by Gasteiger charge is -2.16. The summed E-state index contributed by atoms with van der Waals surface area (Å²) in [4.78, 5) is 13.1. The molecule has 148 valence electrons. The van der Waals surface area contributed by atoms with E-state index in [1.807, 2.05) is 61.5 Å². The van der Waals surface area contributed by atoms with Crippen LogP contribution in [0.1, 0.15) is 12.5 Å². The monoisotopic (exact) mass is 400 g/mol. The van der Waals surface area contributed by atoms with Crippen LogP contribution in [0, 0.1) is 0 Å². The number of nitrogens with zero attached hydrogens (tertiary/aromatic N) is 1. The molecule has 6 heteroatoms. The third kappa shape index (κ3) is 5.13. The van der Waals surface area contributed by atoms with Crippen molar-refractivity contribution in [2.24, 2.45) is 0 Å². The zero-order valence-corrected chi connectivity index (χ0v) is 16.9. The zero-order chi connectivity index (χ0) is 19.9. The van der Waals surface area contributed by atoms with Gasteiger partial charge in [-0.25, -0.2) is 0 Å². The fraction of sp³-hybridized carbons (Fsp3) is 0.318. The minimum absolute atomic E-state index is 0.0384. The van der Waals surface area contributed by atoms with E-state index in [2.05, 4.69) is 5.32 Å². The molecular weight excluding hydrogens is 376 g/mol. The first-order valence-electron chi connectivity index (χ1n) is 9.30. The van der Waals surface area contributed by atoms with Gasteiger partial charge in [0.2, 0.25) is 0 Å². The Balaban J connectivity index is 1.86. The van der Waals surface area contributed by atoms with Gasteiger partial charge in [0.1, 0.15) is 12.4 Å². The molecule has 0 amide bonds. The molecule has 2 aromatic carbocycles. The normalized spacial score (nSPS) is 12.2. The van der Waals surface area contributed by atoms with E-state index in [1.54, 1.807) is 11.7 Å². The average Bonchev–Trinajstić information content (AvgIpc) is 2.69. The second kappa shape index (κ2) is 9.73. The van der Waals surface area contributed by atoms with Crippen molar-refractivity contribution >= 4 is 22.5 Å². The van der Waals surface area contributed by atoms with Gasteiger partial charge in [-0.15, -0.1) is 0 Å². The Morgan fingerprint density at radius 1 is 1.14 bits per heavy atom. The van der Waals surface area contributed by atoms with Crippen LogP contribution in [-0.2, 0) is 17.8 Å². The van der Waals surface area contributed by atoms with Crippen molar-refractivity contribution in [3.63, 3.8) is 0 Å². The SMILES string of the molecule is COCC(C)NCc1cc2ccc(Cl)cc2n(CCOc2ccccc2)c1=O. The maximum atomic E-state index is 13.1. The van der Waals surface area contributed by atoms with Crippen LogP contribution in [-0.4, -0.2) is 30.9 Å². The van der Waals surface area contributed by atoms with Crippen molar-refractivity contribution < 1.29 is 9.47 Å². The molecule has 0 aliphatic rings. The quantitative estimate of drug-likeness (QED) is 0.592. The summed E-state index contributed by atoms with van der Waals surface area (Å²) >= 11 is 6.18. The molecule has 0 aliphatic heterocycles. The highest BCUT2D eigenvalue weighted by atomic mass is 35.5. The summed E-state index contributed by atoms with van der Waals surface area (Å²) in [5.41, 5.74) is 1.48. The van der Waals surface area contributed by atoms with E-state index >= 15 is 0 Å². The number of nitrogens with one attached hydrogen (secondary N) is 1. The van der Waals surface area contributed by atoms with E-state index in [1.165, 1.54) is 0 Å². The predicted octanol–water partition coefficient (Wildman–Crippen LogP) is 3.86. The molecule has 5 nitrogen and oxygen atoms in total. The number of rotatable bonds is 9. The van der Waals surface area contributed by atoms with Crippen LogP contribution in [0.15, 0.2) is 59.4 Å². The first-order valence-corrected chi connectivity index (χ1v) is 9.68. The average molecular weight is 401 g/mol. The molecule has 0 aliphatic carbocycles. The first kappa shape index (κ1) is 20.4. The van der Waals surface area contributed by atoms with Crippen LogP contribution in [0.4, 0.5) is 0 Å². The van der Waals surface area contributed by atoms with Crippen molar-refractivity contribution in [1.82, 2.24) is 9.88 Å². The van der Waals surface area contributed by atoms with Gasteiger partial charge in [0, 0.05) is 30.3 Å². The van der Waals surface area contributed by atoms with Gasteiger partial charge in [0.15, 0.2) is 0 Å². The van der Waals surface area contributed by atoms with E-state index < -0.39 is 0 Å². The van der Waals surface area contributed by atoms with Crippen LogP contribution in [0.25, 0.3) is 10.9 Å². The summed E-state index contributed by atoms with van der Waals surface area (Å²) in [6.45, 7) is 3.91. The summed E-state index contributed by atoms with van der Waals surface area (Å²) in [7, 11) is 1.66. The van der Waals surface area contributed by atoms with Gasteiger partial charge < -0.3 is 19.4 Å². The zero-order valence-electron chi connectivity index (χ0n) is 16.2. The number of methoxy groups -OCH3 is 1. The number of ether oxygens (including phenoxy) is 2. The summed E-state index contributed by atoms with van der Waals surface area (Å²) in [6, 6.07) is 17.3. The Hall–Kier alpha value is -2.34. The Labute approximate surface area is 169 Å². The maximum absolute atomic E-state index is 13.1. The molecular formula is C22H25ClN2O3. The smallest absolute Gasteiger partial charge is 0.255 e. The molecule has 28 heavy (non-hydrogen) atoms. The van der Waals surface area contributed by atoms with Gasteiger partial charge in [-0.3, -0.25) is 4.79 Å². The van der Waals surface area contributed by atoms with Crippen molar-refractivity contribution in [3.8, 4) is 5.75 Å². The molecule has 1 N–H and O–H groups in total. The predicted molar refractivity (Wildman–Crippen MR) is 113 cm³/mol. The number of pyridine rings is 1. The Morgan fingerprint density at radius 3 is 2.68 bits per heavy atom. The molecule has 1 atom stereocenters. The Kier molecular flexibility index (Phi) is 7.09. The van der Waals surface area contributed by atoms with Gasteiger partial charge in [-0.1, -0.05) is 35.9 Å². The molecule has 3 aromatic rings. The first-order chi connectivity index (χ1) is 13.6. The van der Waals surface area contributed by atoms with Gasteiger partial charge in [-0.05, 0) is 42.6 Å². The lowest BCUT2D eigenvalue weighted by atomic mass is 10.1. The van der Waals surface area contributed by atoms with E-state index in [4.69, 9.17) is 21.1 Å². The van der Waals surface area contributed by atoms with Crippen LogP contribution in [0.3, 0.4) is 0 Å². The van der Waals surface area contributed by atoms with Crippen LogP contribution >= 0.6 is 11.6 Å². The number of para-hydroxylation sites is 1. The highest BCUT2D eigenvalue weighted by Crippen LogP contribution is 2.19. The van der Waals surface area contributed by atoms with Crippen molar-refractivity contribution in [1.29, 1.82) is 0 Å². The third-order valence-corrected chi connectivity index (χ3v) is 4.75. The van der Waals surface area contributed by atoms with Crippen molar-refractivity contribution in [3.05, 3.63) is 75.5 Å². The van der Waals surface area contributed by atoms with E-state index in [-0.39, 0.29) is 11.6 Å². The van der Waals surface area contributed by atoms with Gasteiger partial charge >= 0.3 is 0 Å². The van der Waals surface area contributed by atoms with E-state index in [0.29, 0.717) is 36.9 Å². The van der Waals surface area contributed by atoms with Gasteiger partial charge in [0.05, 0.1) is 18.7 Å². The highest BCUT2D eigenvalue weighted by molar-refractivity contribution is 6.31. The second-order valence-electron chi connectivity index (χ2n) is 6.73. The Bertz CT molecular complexity index is 973.